The second-order valence-corrected chi connectivity index (χ2v) is 0.462. The van der Waals surface area contributed by atoms with E-state index >= 15 is 0 Å². The SMILES string of the molecule is N#CN.O=C([O-])O[O-].[Na+]. The second-order valence-electron chi connectivity index (χ2n) is 0.462. The number of nitrogens with two attached hydrogens (primary N) is 1. The van der Waals surface area contributed by atoms with Crippen molar-refractivity contribution in [1.82, 2.24) is 0 Å². The number of nitrogens with zero attached hydrogens (tertiary/aromatic N) is 1. The molecule has 9 heavy (non-hydrogen) atoms. The van der Waals surface area contributed by atoms with Gasteiger partial charge in [0.25, 0.3) is 0 Å². The fourth-order valence-corrected chi connectivity index (χ4v) is 0. The van der Waals surface area contributed by atoms with Crippen LogP contribution in [0.2, 0.25) is 0 Å². The maximum Gasteiger partial charge on any atom is 1.00 e. The minimum absolute atomic E-state index is 0. The monoisotopic (exact) mass is 141 g/mol. The number of carboxylic acid groups (broad SMARTS) is 1. The van der Waals surface area contributed by atoms with Gasteiger partial charge in [-0.25, -0.2) is 0 Å². The number of hydrogen-bond donors (Lipinski definition) is 1. The summed E-state index contributed by atoms with van der Waals surface area (Å²) in [4.78, 5) is 11.0. The van der Waals surface area contributed by atoms with Crippen LogP contribution in [0.25, 0.3) is 0 Å². The first-order chi connectivity index (χ1) is 3.68. The van der Waals surface area contributed by atoms with E-state index in [1.54, 1.807) is 0 Å². The topological polar surface area (TPSA) is 122 Å². The largest absolute Gasteiger partial charge is 1.00 e. The Labute approximate surface area is 73.0 Å². The molecule has 0 saturated heterocycles. The van der Waals surface area contributed by atoms with Crippen LogP contribution >= 0.6 is 0 Å². The summed E-state index contributed by atoms with van der Waals surface area (Å²) in [6.07, 6.45) is -0.801. The molecule has 46 valence electrons. The number of rotatable bonds is 0. The average molecular weight is 141 g/mol. The van der Waals surface area contributed by atoms with Gasteiger partial charge in [-0.2, -0.15) is 5.26 Å². The molecule has 6 nitrogen and oxygen atoms in total. The molecule has 0 heterocycles. The Morgan fingerprint density at radius 2 is 1.89 bits per heavy atom. The smallest absolute Gasteiger partial charge is 0.755 e. The Bertz CT molecular complexity index is 99.2. The van der Waals surface area contributed by atoms with Gasteiger partial charge >= 0.3 is 29.6 Å². The van der Waals surface area contributed by atoms with E-state index in [-0.39, 0.29) is 29.6 Å². The van der Waals surface area contributed by atoms with Gasteiger partial charge in [0.05, 0.1) is 0 Å². The van der Waals surface area contributed by atoms with Crippen LogP contribution in [0.15, 0.2) is 0 Å². The number of hydrogen-bond acceptors (Lipinski definition) is 6. The van der Waals surface area contributed by atoms with Crippen LogP contribution in [0.5, 0.6) is 0 Å². The molecule has 0 aromatic rings. The van der Waals surface area contributed by atoms with Crippen LogP contribution in [-0.4, -0.2) is 6.16 Å². The van der Waals surface area contributed by atoms with E-state index < -0.39 is 6.16 Å². The van der Waals surface area contributed by atoms with Crippen LogP contribution in [0.4, 0.5) is 4.79 Å². The zero-order chi connectivity index (χ0) is 6.99. The molecule has 0 fully saturated rings. The van der Waals surface area contributed by atoms with Crippen LogP contribution in [0.3, 0.4) is 0 Å². The Morgan fingerprint density at radius 3 is 1.89 bits per heavy atom. The van der Waals surface area contributed by atoms with Crippen LogP contribution in [0.1, 0.15) is 0 Å². The van der Waals surface area contributed by atoms with Gasteiger partial charge in [0, 0.05) is 0 Å². The average Bonchev–Trinajstić information content (AvgIpc) is 1.69. The maximum absolute atomic E-state index is 8.72. The first kappa shape index (κ1) is 15.8. The zero-order valence-electron chi connectivity index (χ0n) is 4.66. The Kier molecular flexibility index (Phi) is 27.5. The molecule has 0 radical (unpaired) electrons. The van der Waals surface area contributed by atoms with Crippen molar-refractivity contribution in [3.8, 4) is 6.19 Å². The number of carbonyl (C=O) groups is 1. The van der Waals surface area contributed by atoms with Crippen molar-refractivity contribution in [3.63, 3.8) is 0 Å². The molecular weight excluding hydrogens is 139 g/mol. The number of carbonyl (C=O) groups excluding carboxylic acids is 1. The summed E-state index contributed by atoms with van der Waals surface area (Å²) in [5.74, 6) is 0. The summed E-state index contributed by atoms with van der Waals surface area (Å²) < 4.78 is 0. The van der Waals surface area contributed by atoms with Crippen molar-refractivity contribution >= 4 is 6.16 Å². The molecule has 0 atom stereocenters. The van der Waals surface area contributed by atoms with Gasteiger partial charge in [0.2, 0.25) is 6.16 Å². The molecule has 0 aromatic heterocycles. The molecule has 0 aliphatic rings. The fourth-order valence-electron chi connectivity index (χ4n) is 0. The van der Waals surface area contributed by atoms with E-state index in [4.69, 9.17) is 20.4 Å². The van der Waals surface area contributed by atoms with Crippen molar-refractivity contribution < 1.29 is 49.6 Å². The predicted molar refractivity (Wildman–Crippen MR) is 16.3 cm³/mol. The van der Waals surface area contributed by atoms with Gasteiger partial charge in [0.1, 0.15) is 0 Å². The maximum atomic E-state index is 8.72. The van der Waals surface area contributed by atoms with Gasteiger partial charge < -0.3 is 25.8 Å². The Morgan fingerprint density at radius 1 is 1.78 bits per heavy atom. The van der Waals surface area contributed by atoms with E-state index in [9.17, 15) is 0 Å². The summed E-state index contributed by atoms with van der Waals surface area (Å²) in [5, 5.41) is 24.3. The third-order valence-corrected chi connectivity index (χ3v) is 0.0680. The van der Waals surface area contributed by atoms with E-state index in [1.165, 1.54) is 6.19 Å². The van der Waals surface area contributed by atoms with Crippen molar-refractivity contribution in [3.05, 3.63) is 0 Å². The summed E-state index contributed by atoms with van der Waals surface area (Å²) >= 11 is 0. The molecule has 0 unspecified atom stereocenters. The van der Waals surface area contributed by atoms with Crippen LogP contribution in [0, 0.1) is 11.5 Å². The molecule has 0 amide bonds. The van der Waals surface area contributed by atoms with Crippen LogP contribution in [-0.2, 0) is 4.89 Å². The van der Waals surface area contributed by atoms with Gasteiger partial charge in [-0.3, -0.25) is 0 Å². The normalized spacial score (nSPS) is 4.44. The standard InChI is InChI=1S/CH2N2.CH2O4.Na/c2-1-3;2-1(3)5-4;/h2H2;4H,(H,2,3);/q;;+1/p-2. The van der Waals surface area contributed by atoms with E-state index in [1.807, 2.05) is 0 Å². The third kappa shape index (κ3) is 99.2. The molecule has 2 N–H and O–H groups in total. The van der Waals surface area contributed by atoms with E-state index in [2.05, 4.69) is 10.6 Å². The molecule has 0 aliphatic carbocycles. The van der Waals surface area contributed by atoms with Gasteiger partial charge in [-0.15, -0.1) is 0 Å². The summed E-state index contributed by atoms with van der Waals surface area (Å²) in [7, 11) is 0. The quantitative estimate of drug-likeness (QED) is 0.118. The molecule has 0 aromatic carbocycles. The van der Waals surface area contributed by atoms with E-state index in [0.29, 0.717) is 0 Å². The minimum atomic E-state index is -2.05. The molecule has 0 rings (SSSR count). The van der Waals surface area contributed by atoms with Crippen molar-refractivity contribution in [2.24, 2.45) is 5.73 Å². The zero-order valence-corrected chi connectivity index (χ0v) is 6.66. The third-order valence-electron chi connectivity index (χ3n) is 0.0680. The minimum Gasteiger partial charge on any atom is -0.755 e. The van der Waals surface area contributed by atoms with E-state index in [0.717, 1.165) is 0 Å². The van der Waals surface area contributed by atoms with Crippen molar-refractivity contribution in [2.75, 3.05) is 0 Å². The first-order valence-electron chi connectivity index (χ1n) is 1.29. The predicted octanol–water partition coefficient (Wildman–Crippen LogP) is -5.95. The van der Waals surface area contributed by atoms with Gasteiger partial charge in [0.15, 0.2) is 6.19 Å². The van der Waals surface area contributed by atoms with Gasteiger partial charge in [-0.05, 0) is 0 Å². The molecule has 0 spiro atoms. The summed E-state index contributed by atoms with van der Waals surface area (Å²) in [6, 6.07) is 0. The summed E-state index contributed by atoms with van der Waals surface area (Å²) in [6.45, 7) is 0. The summed E-state index contributed by atoms with van der Waals surface area (Å²) in [5.41, 5.74) is 4.15. The molecular formula is C2H2N2NaO4-. The Balaban J connectivity index is -0.0000000800. The molecule has 0 aliphatic heterocycles. The van der Waals surface area contributed by atoms with Crippen molar-refractivity contribution in [2.45, 2.75) is 0 Å². The molecule has 7 heteroatoms. The molecule has 0 saturated carbocycles. The Hall–Kier alpha value is -0.480. The van der Waals surface area contributed by atoms with Crippen molar-refractivity contribution in [1.29, 1.82) is 5.26 Å². The second kappa shape index (κ2) is 15.6. The number of nitriles is 1. The molecule has 0 bridgehead atoms. The first-order valence-corrected chi connectivity index (χ1v) is 1.29. The fraction of sp³-hybridized carbons (Fsp3) is 0. The van der Waals surface area contributed by atoms with Gasteiger partial charge in [-0.1, -0.05) is 0 Å². The van der Waals surface area contributed by atoms with Crippen LogP contribution < -0.4 is 45.7 Å².